The number of carbonyl (C=O) groups excluding carboxylic acids is 1. The standard InChI is InChI=1S/C27H22F3N7O5/c1-3-41-26(40)37-11-27(4-5-27)42-23-13(8-31)19(15(28)7-18(23)37)22-14(9-32-36(22)2)16-6-12-17(10-38)34-35-25(39)20(12)21(33-16)24(29)30/h6-7,9,24,38H,3-5,10-11H2,1-2H3,(H,35,39). The molecular weight excluding hydrogens is 559 g/mol. The zero-order valence-corrected chi connectivity index (χ0v) is 22.2. The normalized spacial score (nSPS) is 15.0. The van der Waals surface area contributed by atoms with Gasteiger partial charge in [0.2, 0.25) is 0 Å². The van der Waals surface area contributed by atoms with Crippen LogP contribution < -0.4 is 15.2 Å². The molecule has 15 heteroatoms. The second kappa shape index (κ2) is 9.84. The number of hydrogen-bond donors (Lipinski definition) is 2. The van der Waals surface area contributed by atoms with Gasteiger partial charge in [-0.3, -0.25) is 14.4 Å². The van der Waals surface area contributed by atoms with E-state index in [1.165, 1.54) is 28.9 Å². The maximum absolute atomic E-state index is 16.1. The summed E-state index contributed by atoms with van der Waals surface area (Å²) in [6.07, 6.45) is -1.43. The Morgan fingerprint density at radius 3 is 2.76 bits per heavy atom. The van der Waals surface area contributed by atoms with E-state index in [0.717, 1.165) is 6.07 Å². The van der Waals surface area contributed by atoms with Crippen LogP contribution in [0.1, 0.15) is 43.1 Å². The summed E-state index contributed by atoms with van der Waals surface area (Å²) in [4.78, 5) is 30.5. The number of pyridine rings is 1. The Morgan fingerprint density at radius 1 is 1.36 bits per heavy atom. The molecule has 1 spiro atoms. The molecule has 0 radical (unpaired) electrons. The minimum absolute atomic E-state index is 0.00368. The molecular formula is C27H22F3N7O5. The van der Waals surface area contributed by atoms with Gasteiger partial charge in [-0.15, -0.1) is 0 Å². The number of carbonyl (C=O) groups is 1. The van der Waals surface area contributed by atoms with Crippen LogP contribution in [-0.4, -0.2) is 54.9 Å². The summed E-state index contributed by atoms with van der Waals surface area (Å²) in [6.45, 7) is 1.17. The molecule has 2 aliphatic rings. The molecule has 6 rings (SSSR count). The average molecular weight is 582 g/mol. The second-order valence-electron chi connectivity index (χ2n) is 9.94. The van der Waals surface area contributed by atoms with Crippen LogP contribution in [0.15, 0.2) is 23.1 Å². The number of ether oxygens (including phenoxy) is 2. The van der Waals surface area contributed by atoms with Crippen molar-refractivity contribution < 1.29 is 32.5 Å². The fraction of sp³-hybridized carbons (Fsp3) is 0.333. The summed E-state index contributed by atoms with van der Waals surface area (Å²) < 4.78 is 57.0. The highest BCUT2D eigenvalue weighted by Gasteiger charge is 2.53. The van der Waals surface area contributed by atoms with Crippen LogP contribution in [0.2, 0.25) is 0 Å². The Balaban J connectivity index is 1.61. The van der Waals surface area contributed by atoms with Gasteiger partial charge in [0.1, 0.15) is 28.7 Å². The molecule has 0 unspecified atom stereocenters. The number of hydrogen-bond acceptors (Lipinski definition) is 9. The van der Waals surface area contributed by atoms with Gasteiger partial charge in [-0.25, -0.2) is 28.0 Å². The Hall–Kier alpha value is -4.97. The second-order valence-corrected chi connectivity index (χ2v) is 9.94. The minimum Gasteiger partial charge on any atom is -0.482 e. The number of aliphatic hydroxyl groups is 1. The van der Waals surface area contributed by atoms with E-state index in [0.29, 0.717) is 12.8 Å². The summed E-state index contributed by atoms with van der Waals surface area (Å²) in [7, 11) is 1.47. The maximum Gasteiger partial charge on any atom is 0.414 e. The molecule has 2 N–H and O–H groups in total. The van der Waals surface area contributed by atoms with E-state index in [2.05, 4.69) is 20.3 Å². The third-order valence-corrected chi connectivity index (χ3v) is 7.36. The van der Waals surface area contributed by atoms with E-state index in [9.17, 15) is 28.7 Å². The van der Waals surface area contributed by atoms with Crippen LogP contribution in [-0.2, 0) is 18.4 Å². The zero-order valence-electron chi connectivity index (χ0n) is 22.2. The Morgan fingerprint density at radius 2 is 2.12 bits per heavy atom. The van der Waals surface area contributed by atoms with Gasteiger partial charge in [0.15, 0.2) is 5.75 Å². The van der Waals surface area contributed by atoms with Crippen LogP contribution >= 0.6 is 0 Å². The first-order chi connectivity index (χ1) is 20.1. The van der Waals surface area contributed by atoms with Crippen LogP contribution in [0.3, 0.4) is 0 Å². The van der Waals surface area contributed by atoms with E-state index in [-0.39, 0.29) is 63.7 Å². The first-order valence-electron chi connectivity index (χ1n) is 12.9. The Bertz CT molecular complexity index is 1880. The van der Waals surface area contributed by atoms with Crippen molar-refractivity contribution in [3.63, 3.8) is 0 Å². The summed E-state index contributed by atoms with van der Waals surface area (Å²) in [5.41, 5.74) is -3.16. The average Bonchev–Trinajstić information content (AvgIpc) is 3.61. The fourth-order valence-electron chi connectivity index (χ4n) is 5.25. The quantitative estimate of drug-likeness (QED) is 0.358. The van der Waals surface area contributed by atoms with Crippen molar-refractivity contribution in [2.45, 2.75) is 38.4 Å². The third kappa shape index (κ3) is 4.14. The highest BCUT2D eigenvalue weighted by atomic mass is 19.3. The SMILES string of the molecule is CCOC(=O)N1CC2(CC2)Oc2c1cc(F)c(-c1c(-c3cc4c(CO)n[nH]c(=O)c4c(C(F)F)n3)cnn1C)c2C#N. The number of halogens is 3. The van der Waals surface area contributed by atoms with E-state index in [4.69, 9.17) is 9.47 Å². The molecule has 216 valence electrons. The molecule has 0 bridgehead atoms. The van der Waals surface area contributed by atoms with Gasteiger partial charge in [0.25, 0.3) is 12.0 Å². The van der Waals surface area contributed by atoms with Crippen molar-refractivity contribution in [3.8, 4) is 34.3 Å². The minimum atomic E-state index is -3.19. The Kier molecular flexibility index (Phi) is 6.38. The molecule has 1 fully saturated rings. The van der Waals surface area contributed by atoms with Crippen molar-refractivity contribution in [1.82, 2.24) is 25.0 Å². The number of nitrogens with zero attached hydrogens (tertiary/aromatic N) is 6. The molecule has 4 aromatic rings. The van der Waals surface area contributed by atoms with E-state index >= 15 is 4.39 Å². The van der Waals surface area contributed by atoms with Crippen molar-refractivity contribution in [2.24, 2.45) is 7.05 Å². The van der Waals surface area contributed by atoms with E-state index in [1.807, 2.05) is 6.07 Å². The summed E-state index contributed by atoms with van der Waals surface area (Å²) in [6, 6.07) is 4.32. The van der Waals surface area contributed by atoms with Crippen molar-refractivity contribution in [1.29, 1.82) is 5.26 Å². The highest BCUT2D eigenvalue weighted by Crippen LogP contribution is 2.52. The summed E-state index contributed by atoms with van der Waals surface area (Å²) in [5, 5.41) is 29.5. The largest absolute Gasteiger partial charge is 0.482 e. The summed E-state index contributed by atoms with van der Waals surface area (Å²) in [5.74, 6) is -0.931. The number of aliphatic hydroxyl groups excluding tert-OH is 1. The predicted octanol–water partition coefficient (Wildman–Crippen LogP) is 3.71. The molecule has 0 atom stereocenters. The van der Waals surface area contributed by atoms with Gasteiger partial charge in [-0.1, -0.05) is 0 Å². The lowest BCUT2D eigenvalue weighted by molar-refractivity contribution is 0.138. The number of aromatic nitrogens is 5. The molecule has 42 heavy (non-hydrogen) atoms. The van der Waals surface area contributed by atoms with Crippen LogP contribution in [0.4, 0.5) is 23.7 Å². The number of nitriles is 1. The molecule has 4 heterocycles. The maximum atomic E-state index is 16.1. The van der Waals surface area contributed by atoms with Gasteiger partial charge < -0.3 is 14.6 Å². The Labute approximate surface area is 234 Å². The first kappa shape index (κ1) is 27.2. The third-order valence-electron chi connectivity index (χ3n) is 7.36. The molecule has 1 amide bonds. The van der Waals surface area contributed by atoms with Crippen LogP contribution in [0.5, 0.6) is 5.75 Å². The zero-order chi connectivity index (χ0) is 29.9. The molecule has 1 aliphatic carbocycles. The highest BCUT2D eigenvalue weighted by molar-refractivity contribution is 5.96. The number of anilines is 1. The van der Waals surface area contributed by atoms with Crippen molar-refractivity contribution in [3.05, 3.63) is 51.5 Å². The summed E-state index contributed by atoms with van der Waals surface area (Å²) >= 11 is 0. The van der Waals surface area contributed by atoms with Crippen LogP contribution in [0.25, 0.3) is 33.3 Å². The number of H-pyrrole nitrogens is 1. The van der Waals surface area contributed by atoms with Crippen molar-refractivity contribution >= 4 is 22.6 Å². The number of nitrogens with one attached hydrogen (secondary N) is 1. The van der Waals surface area contributed by atoms with Crippen molar-refractivity contribution in [2.75, 3.05) is 18.1 Å². The van der Waals surface area contributed by atoms with Gasteiger partial charge in [0, 0.05) is 24.1 Å². The van der Waals surface area contributed by atoms with Gasteiger partial charge in [-0.05, 0) is 25.8 Å². The monoisotopic (exact) mass is 581 g/mol. The topological polar surface area (TPSA) is 159 Å². The van der Waals surface area contributed by atoms with E-state index < -0.39 is 47.2 Å². The smallest absolute Gasteiger partial charge is 0.414 e. The molecule has 1 aromatic carbocycles. The number of benzene rings is 1. The number of rotatable bonds is 5. The number of aromatic amines is 1. The molecule has 1 aliphatic heterocycles. The first-order valence-corrected chi connectivity index (χ1v) is 12.9. The molecule has 0 saturated heterocycles. The van der Waals surface area contributed by atoms with Gasteiger partial charge >= 0.3 is 6.09 Å². The van der Waals surface area contributed by atoms with Gasteiger partial charge in [0.05, 0.1) is 59.7 Å². The lowest BCUT2D eigenvalue weighted by atomic mass is 9.96. The van der Waals surface area contributed by atoms with Gasteiger partial charge in [-0.2, -0.15) is 15.5 Å². The fourth-order valence-corrected chi connectivity index (χ4v) is 5.25. The van der Waals surface area contributed by atoms with E-state index in [1.54, 1.807) is 6.92 Å². The predicted molar refractivity (Wildman–Crippen MR) is 140 cm³/mol. The molecule has 3 aromatic heterocycles. The number of aryl methyl sites for hydroxylation is 1. The number of amides is 1. The lowest BCUT2D eigenvalue weighted by Gasteiger charge is -2.35. The number of alkyl halides is 2. The molecule has 12 nitrogen and oxygen atoms in total. The number of fused-ring (bicyclic) bond motifs is 2. The van der Waals surface area contributed by atoms with Crippen LogP contribution in [0, 0.1) is 17.1 Å². The molecule has 1 saturated carbocycles. The lowest BCUT2D eigenvalue weighted by Crippen LogP contribution is -2.45.